The van der Waals surface area contributed by atoms with E-state index in [-0.39, 0.29) is 11.7 Å². The molecule has 2 fully saturated rings. The smallest absolute Gasteiger partial charge is 0.255 e. The average molecular weight is 275 g/mol. The maximum Gasteiger partial charge on any atom is 0.255 e. The third kappa shape index (κ3) is 2.47. The second-order valence-corrected chi connectivity index (χ2v) is 6.03. The number of phenolic OH excluding ortho intramolecular Hbond substituents is 1. The number of carbonyl (C=O) groups excluding carboxylic acids is 1. The molecule has 2 N–H and O–H groups in total. The van der Waals surface area contributed by atoms with E-state index in [4.69, 9.17) is 4.74 Å². The molecule has 0 aliphatic heterocycles. The molecule has 3 atom stereocenters. The first-order chi connectivity index (χ1) is 9.67. The fraction of sp³-hybridized carbons (Fsp3) is 0.562. The lowest BCUT2D eigenvalue weighted by Crippen LogP contribution is -2.31. The Kier molecular flexibility index (Phi) is 3.55. The monoisotopic (exact) mass is 275 g/mol. The predicted octanol–water partition coefficient (Wildman–Crippen LogP) is 2.57. The van der Waals surface area contributed by atoms with Gasteiger partial charge in [0, 0.05) is 12.6 Å². The fourth-order valence-corrected chi connectivity index (χ4v) is 3.78. The van der Waals surface area contributed by atoms with Crippen molar-refractivity contribution in [3.8, 4) is 11.5 Å². The topological polar surface area (TPSA) is 58.6 Å². The van der Waals surface area contributed by atoms with Crippen LogP contribution < -0.4 is 10.1 Å². The van der Waals surface area contributed by atoms with E-state index in [9.17, 15) is 9.90 Å². The molecule has 0 radical (unpaired) electrons. The summed E-state index contributed by atoms with van der Waals surface area (Å²) in [6.07, 6.45) is 5.28. The van der Waals surface area contributed by atoms with E-state index >= 15 is 0 Å². The number of methoxy groups -OCH3 is 1. The number of benzene rings is 1. The minimum absolute atomic E-state index is 0.0326. The summed E-state index contributed by atoms with van der Waals surface area (Å²) in [5, 5.41) is 12.8. The summed E-state index contributed by atoms with van der Waals surface area (Å²) < 4.78 is 5.01. The third-order valence-electron chi connectivity index (χ3n) is 4.86. The van der Waals surface area contributed by atoms with Gasteiger partial charge in [-0.15, -0.1) is 0 Å². The van der Waals surface area contributed by atoms with E-state index in [2.05, 4.69) is 5.32 Å². The molecule has 3 rings (SSSR count). The standard InChI is InChI=1S/C16H21NO3/c1-20-13-4-5-14(15(18)8-13)16(19)17-9-12-7-10-2-3-11(12)6-10/h4-5,8,10-12,18H,2-3,6-7,9H2,1H3,(H,17,19). The molecule has 108 valence electrons. The number of hydrogen-bond donors (Lipinski definition) is 2. The Bertz CT molecular complexity index is 514. The van der Waals surface area contributed by atoms with Crippen LogP contribution >= 0.6 is 0 Å². The van der Waals surface area contributed by atoms with Crippen LogP contribution in [0.15, 0.2) is 18.2 Å². The Hall–Kier alpha value is -1.71. The Morgan fingerprint density at radius 2 is 2.25 bits per heavy atom. The maximum atomic E-state index is 12.1. The van der Waals surface area contributed by atoms with Crippen molar-refractivity contribution in [2.45, 2.75) is 25.7 Å². The largest absolute Gasteiger partial charge is 0.507 e. The van der Waals surface area contributed by atoms with Crippen molar-refractivity contribution in [3.63, 3.8) is 0 Å². The first kappa shape index (κ1) is 13.3. The molecule has 1 amide bonds. The van der Waals surface area contributed by atoms with Crippen LogP contribution in [-0.4, -0.2) is 24.7 Å². The highest BCUT2D eigenvalue weighted by Crippen LogP contribution is 2.47. The first-order valence-corrected chi connectivity index (χ1v) is 7.32. The number of carbonyl (C=O) groups is 1. The highest BCUT2D eigenvalue weighted by atomic mass is 16.5. The van der Waals surface area contributed by atoms with Gasteiger partial charge in [-0.2, -0.15) is 0 Å². The number of amides is 1. The molecular weight excluding hydrogens is 254 g/mol. The lowest BCUT2D eigenvalue weighted by Gasteiger charge is -2.21. The van der Waals surface area contributed by atoms with E-state index in [0.717, 1.165) is 18.4 Å². The van der Waals surface area contributed by atoms with Crippen LogP contribution in [0.1, 0.15) is 36.0 Å². The van der Waals surface area contributed by atoms with Crippen molar-refractivity contribution in [2.75, 3.05) is 13.7 Å². The van der Waals surface area contributed by atoms with Gasteiger partial charge >= 0.3 is 0 Å². The number of fused-ring (bicyclic) bond motifs is 2. The Labute approximate surface area is 119 Å². The molecule has 1 aromatic rings. The van der Waals surface area contributed by atoms with Crippen molar-refractivity contribution in [1.82, 2.24) is 5.32 Å². The molecule has 4 nitrogen and oxygen atoms in total. The number of aromatic hydroxyl groups is 1. The normalized spacial score (nSPS) is 27.6. The second-order valence-electron chi connectivity index (χ2n) is 6.03. The molecule has 0 spiro atoms. The zero-order chi connectivity index (χ0) is 14.1. The van der Waals surface area contributed by atoms with Gasteiger partial charge in [0.2, 0.25) is 0 Å². The number of ether oxygens (including phenoxy) is 1. The summed E-state index contributed by atoms with van der Waals surface area (Å²) in [5.41, 5.74) is 0.314. The zero-order valence-electron chi connectivity index (χ0n) is 11.8. The highest BCUT2D eigenvalue weighted by Gasteiger charge is 2.39. The van der Waals surface area contributed by atoms with Crippen LogP contribution in [0.2, 0.25) is 0 Å². The van der Waals surface area contributed by atoms with Gasteiger partial charge in [-0.25, -0.2) is 0 Å². The maximum absolute atomic E-state index is 12.1. The van der Waals surface area contributed by atoms with Crippen molar-refractivity contribution < 1.29 is 14.6 Å². The molecule has 0 aromatic heterocycles. The van der Waals surface area contributed by atoms with Crippen LogP contribution in [-0.2, 0) is 0 Å². The summed E-state index contributed by atoms with van der Waals surface area (Å²) in [7, 11) is 1.53. The molecule has 2 saturated carbocycles. The van der Waals surface area contributed by atoms with Gasteiger partial charge in [-0.05, 0) is 49.1 Å². The van der Waals surface area contributed by atoms with Crippen molar-refractivity contribution in [1.29, 1.82) is 0 Å². The molecule has 0 saturated heterocycles. The second kappa shape index (κ2) is 5.35. The van der Waals surface area contributed by atoms with Gasteiger partial charge in [0.1, 0.15) is 11.5 Å². The molecule has 2 bridgehead atoms. The summed E-state index contributed by atoms with van der Waals surface area (Å²) in [6.45, 7) is 0.728. The Morgan fingerprint density at radius 1 is 1.40 bits per heavy atom. The van der Waals surface area contributed by atoms with E-state index in [1.54, 1.807) is 12.1 Å². The van der Waals surface area contributed by atoms with Crippen LogP contribution in [0.3, 0.4) is 0 Å². The van der Waals surface area contributed by atoms with Gasteiger partial charge in [0.15, 0.2) is 0 Å². The average Bonchev–Trinajstić information content (AvgIpc) is 3.07. The van der Waals surface area contributed by atoms with E-state index in [0.29, 0.717) is 17.2 Å². The highest BCUT2D eigenvalue weighted by molar-refractivity contribution is 5.97. The Morgan fingerprint density at radius 3 is 2.85 bits per heavy atom. The quantitative estimate of drug-likeness (QED) is 0.888. The molecule has 4 heteroatoms. The summed E-state index contributed by atoms with van der Waals surface area (Å²) in [5.74, 6) is 2.62. The van der Waals surface area contributed by atoms with Gasteiger partial charge in [-0.3, -0.25) is 4.79 Å². The van der Waals surface area contributed by atoms with Crippen LogP contribution in [0, 0.1) is 17.8 Å². The van der Waals surface area contributed by atoms with Gasteiger partial charge in [0.05, 0.1) is 12.7 Å². The SMILES string of the molecule is COc1ccc(C(=O)NCC2CC3CCC2C3)c(O)c1. The molecule has 3 unspecified atom stereocenters. The number of phenols is 1. The first-order valence-electron chi connectivity index (χ1n) is 7.32. The zero-order valence-corrected chi connectivity index (χ0v) is 11.8. The lowest BCUT2D eigenvalue weighted by atomic mass is 9.89. The number of rotatable bonds is 4. The van der Waals surface area contributed by atoms with Gasteiger partial charge < -0.3 is 15.2 Å². The Balaban J connectivity index is 1.59. The third-order valence-corrected chi connectivity index (χ3v) is 4.86. The molecule has 2 aliphatic rings. The molecule has 1 aromatic carbocycles. The molecule has 20 heavy (non-hydrogen) atoms. The number of nitrogens with one attached hydrogen (secondary N) is 1. The van der Waals surface area contributed by atoms with Crippen LogP contribution in [0.4, 0.5) is 0 Å². The molecule has 2 aliphatic carbocycles. The van der Waals surface area contributed by atoms with Crippen LogP contribution in [0.25, 0.3) is 0 Å². The van der Waals surface area contributed by atoms with E-state index in [1.165, 1.54) is 38.9 Å². The minimum atomic E-state index is -0.201. The van der Waals surface area contributed by atoms with Crippen LogP contribution in [0.5, 0.6) is 11.5 Å². The van der Waals surface area contributed by atoms with Gasteiger partial charge in [-0.1, -0.05) is 6.42 Å². The summed E-state index contributed by atoms with van der Waals surface area (Å²) >= 11 is 0. The molecular formula is C16H21NO3. The van der Waals surface area contributed by atoms with Crippen molar-refractivity contribution in [2.24, 2.45) is 17.8 Å². The van der Waals surface area contributed by atoms with E-state index < -0.39 is 0 Å². The van der Waals surface area contributed by atoms with Gasteiger partial charge in [0.25, 0.3) is 5.91 Å². The minimum Gasteiger partial charge on any atom is -0.507 e. The summed E-state index contributed by atoms with van der Waals surface area (Å²) in [4.78, 5) is 12.1. The van der Waals surface area contributed by atoms with Crippen molar-refractivity contribution in [3.05, 3.63) is 23.8 Å². The van der Waals surface area contributed by atoms with E-state index in [1.807, 2.05) is 0 Å². The van der Waals surface area contributed by atoms with Crippen molar-refractivity contribution >= 4 is 5.91 Å². The molecule has 0 heterocycles. The predicted molar refractivity (Wildman–Crippen MR) is 75.9 cm³/mol. The number of hydrogen-bond acceptors (Lipinski definition) is 3. The lowest BCUT2D eigenvalue weighted by molar-refractivity contribution is 0.0939. The summed E-state index contributed by atoms with van der Waals surface area (Å²) in [6, 6.07) is 4.75. The fourth-order valence-electron chi connectivity index (χ4n) is 3.78.